The molecule has 2 aliphatic carbocycles. The molecule has 8 heteroatoms. The van der Waals surface area contributed by atoms with Crippen LogP contribution in [0.25, 0.3) is 0 Å². The van der Waals surface area contributed by atoms with Crippen LogP contribution in [0.15, 0.2) is 42.5 Å². The molecule has 0 spiro atoms. The Hall–Kier alpha value is -2.84. The predicted octanol–water partition coefficient (Wildman–Crippen LogP) is 1.32. The number of hydrogen-bond acceptors (Lipinski definition) is 6. The molecule has 1 aliphatic heterocycles. The van der Waals surface area contributed by atoms with E-state index in [4.69, 9.17) is 0 Å². The first-order valence-corrected chi connectivity index (χ1v) is 11.1. The van der Waals surface area contributed by atoms with Gasteiger partial charge in [0.05, 0.1) is 0 Å². The average molecular weight is 424 g/mol. The zero-order chi connectivity index (χ0) is 21.0. The van der Waals surface area contributed by atoms with Crippen molar-refractivity contribution in [3.05, 3.63) is 70.3 Å². The number of piperazine rings is 1. The molecule has 0 atom stereocenters. The van der Waals surface area contributed by atoms with E-state index >= 15 is 0 Å². The molecular weight excluding hydrogens is 404 g/mol. The highest BCUT2D eigenvalue weighted by atomic mass is 32.2. The van der Waals surface area contributed by atoms with Crippen molar-refractivity contribution in [2.45, 2.75) is 17.7 Å². The number of carbonyl (C=O) groups is 3. The zero-order valence-corrected chi connectivity index (χ0v) is 17.1. The van der Waals surface area contributed by atoms with Crippen LogP contribution in [0.3, 0.4) is 0 Å². The number of carbonyl (C=O) groups excluding carboxylic acids is 3. The molecule has 2 aromatic rings. The molecule has 0 radical (unpaired) electrons. The van der Waals surface area contributed by atoms with Gasteiger partial charge in [-0.3, -0.25) is 19.3 Å². The molecule has 1 saturated carbocycles. The van der Waals surface area contributed by atoms with Gasteiger partial charge in [0.25, 0.3) is 5.91 Å². The number of rotatable bonds is 3. The number of thiol groups is 1. The van der Waals surface area contributed by atoms with Crippen molar-refractivity contribution in [3.63, 3.8) is 0 Å². The van der Waals surface area contributed by atoms with Gasteiger partial charge in [0.1, 0.15) is 4.87 Å². The van der Waals surface area contributed by atoms with E-state index in [0.717, 1.165) is 0 Å². The molecular formula is C22H20N2O5S. The molecule has 0 bridgehead atoms. The highest BCUT2D eigenvalue weighted by Crippen LogP contribution is 2.43. The number of benzene rings is 2. The Kier molecular flexibility index (Phi) is 4.37. The summed E-state index contributed by atoms with van der Waals surface area (Å²) >= 11 is 0. The van der Waals surface area contributed by atoms with Gasteiger partial charge in [-0.05, 0) is 31.0 Å². The Balaban J connectivity index is 1.37. The van der Waals surface area contributed by atoms with Crippen molar-refractivity contribution in [2.24, 2.45) is 0 Å². The van der Waals surface area contributed by atoms with Gasteiger partial charge in [-0.15, -0.1) is 0 Å². The Morgan fingerprint density at radius 2 is 1.37 bits per heavy atom. The van der Waals surface area contributed by atoms with Crippen LogP contribution in [0, 0.1) is 0 Å². The first-order valence-electron chi connectivity index (χ1n) is 9.94. The fraction of sp³-hybridized carbons (Fsp3) is 0.318. The van der Waals surface area contributed by atoms with Crippen LogP contribution < -0.4 is 0 Å². The zero-order valence-electron chi connectivity index (χ0n) is 16.2. The molecule has 7 nitrogen and oxygen atoms in total. The topological polar surface area (TPSA) is 91.8 Å². The third-order valence-corrected chi connectivity index (χ3v) is 7.77. The monoisotopic (exact) mass is 424 g/mol. The van der Waals surface area contributed by atoms with Crippen LogP contribution in [0.1, 0.15) is 55.0 Å². The van der Waals surface area contributed by atoms with E-state index in [9.17, 15) is 22.8 Å². The maximum atomic E-state index is 13.0. The van der Waals surface area contributed by atoms with Gasteiger partial charge in [0.15, 0.2) is 22.3 Å². The van der Waals surface area contributed by atoms with Crippen molar-refractivity contribution in [3.8, 4) is 0 Å². The molecule has 5 rings (SSSR count). The summed E-state index contributed by atoms with van der Waals surface area (Å²) in [5, 5.41) is 0. The van der Waals surface area contributed by atoms with E-state index in [1.165, 1.54) is 6.07 Å². The van der Waals surface area contributed by atoms with Gasteiger partial charge in [-0.25, -0.2) is 8.42 Å². The first-order chi connectivity index (χ1) is 14.4. The van der Waals surface area contributed by atoms with Crippen LogP contribution in [-0.2, 0) is 10.7 Å². The standard InChI is InChI=1S/C22H20N2O5S/c25-19-15-3-1-2-4-16(15)20(26)18-13-14(5-6-17(18)19)21(27)23-9-11-24(12-10-23)22(7-8-22)30(28)29/h1-6,13,30H,7-12H2. The van der Waals surface area contributed by atoms with Crippen molar-refractivity contribution in [2.75, 3.05) is 26.2 Å². The number of amides is 1. The van der Waals surface area contributed by atoms with E-state index < -0.39 is 15.6 Å². The molecule has 154 valence electrons. The largest absolute Gasteiger partial charge is 0.336 e. The lowest BCUT2D eigenvalue weighted by atomic mass is 9.83. The van der Waals surface area contributed by atoms with Crippen molar-refractivity contribution >= 4 is 28.2 Å². The molecule has 1 saturated heterocycles. The SMILES string of the molecule is O=C1c2ccccc2C(=O)c2cc(C(=O)N3CCN(C4([SH](=O)=O)CC4)CC3)ccc21. The third-order valence-electron chi connectivity index (χ3n) is 6.36. The van der Waals surface area contributed by atoms with Crippen LogP contribution in [0.5, 0.6) is 0 Å². The fourth-order valence-electron chi connectivity index (χ4n) is 4.47. The van der Waals surface area contributed by atoms with Gasteiger partial charge in [0, 0.05) is 54.0 Å². The Bertz CT molecular complexity index is 1170. The van der Waals surface area contributed by atoms with Crippen LogP contribution in [-0.4, -0.2) is 66.7 Å². The third kappa shape index (κ3) is 2.82. The summed E-state index contributed by atoms with van der Waals surface area (Å²) < 4.78 is 23.1. The Morgan fingerprint density at radius 3 is 1.93 bits per heavy atom. The number of nitrogens with zero attached hydrogens (tertiary/aromatic N) is 2. The van der Waals surface area contributed by atoms with Gasteiger partial charge in [-0.1, -0.05) is 24.3 Å². The lowest BCUT2D eigenvalue weighted by molar-refractivity contribution is 0.0607. The molecule has 0 N–H and O–H groups in total. The summed E-state index contributed by atoms with van der Waals surface area (Å²) in [5.74, 6) is -0.684. The lowest BCUT2D eigenvalue weighted by Gasteiger charge is -2.37. The fourth-order valence-corrected chi connectivity index (χ4v) is 5.37. The van der Waals surface area contributed by atoms with Crippen LogP contribution >= 0.6 is 0 Å². The molecule has 0 unspecified atom stereocenters. The molecule has 30 heavy (non-hydrogen) atoms. The minimum absolute atomic E-state index is 0.214. The Morgan fingerprint density at radius 1 is 0.800 bits per heavy atom. The van der Waals surface area contributed by atoms with Gasteiger partial charge in [-0.2, -0.15) is 0 Å². The smallest absolute Gasteiger partial charge is 0.253 e. The van der Waals surface area contributed by atoms with Crippen LogP contribution in [0.4, 0.5) is 0 Å². The summed E-state index contributed by atoms with van der Waals surface area (Å²) in [6.45, 7) is 1.86. The van der Waals surface area contributed by atoms with Crippen LogP contribution in [0.2, 0.25) is 0 Å². The quantitative estimate of drug-likeness (QED) is 0.638. The average Bonchev–Trinajstić information content (AvgIpc) is 3.59. The number of ketones is 2. The number of hydrogen-bond donors (Lipinski definition) is 1. The van der Waals surface area contributed by atoms with E-state index in [1.807, 2.05) is 4.90 Å². The minimum Gasteiger partial charge on any atom is -0.336 e. The highest BCUT2D eigenvalue weighted by Gasteiger charge is 2.52. The normalized spacial score (nSPS) is 20.1. The summed E-state index contributed by atoms with van der Waals surface area (Å²) in [7, 11) is -2.51. The molecule has 0 aromatic heterocycles. The predicted molar refractivity (Wildman–Crippen MR) is 110 cm³/mol. The molecule has 1 amide bonds. The molecule has 2 aromatic carbocycles. The summed E-state index contributed by atoms with van der Waals surface area (Å²) in [6.07, 6.45) is 1.31. The summed E-state index contributed by atoms with van der Waals surface area (Å²) in [4.78, 5) is 41.5. The second kappa shape index (κ2) is 6.85. The van der Waals surface area contributed by atoms with Crippen molar-refractivity contribution < 1.29 is 22.8 Å². The van der Waals surface area contributed by atoms with Gasteiger partial charge >= 0.3 is 0 Å². The highest BCUT2D eigenvalue weighted by molar-refractivity contribution is 7.74. The first kappa shape index (κ1) is 19.1. The lowest BCUT2D eigenvalue weighted by Crippen LogP contribution is -2.53. The van der Waals surface area contributed by atoms with E-state index in [0.29, 0.717) is 61.3 Å². The van der Waals surface area contributed by atoms with Crippen molar-refractivity contribution in [1.29, 1.82) is 0 Å². The Labute approximate surface area is 175 Å². The summed E-state index contributed by atoms with van der Waals surface area (Å²) in [6, 6.07) is 11.4. The van der Waals surface area contributed by atoms with Crippen molar-refractivity contribution in [1.82, 2.24) is 9.80 Å². The maximum absolute atomic E-state index is 13.0. The molecule has 2 fully saturated rings. The number of fused-ring (bicyclic) bond motifs is 2. The van der Waals surface area contributed by atoms with E-state index in [2.05, 4.69) is 0 Å². The van der Waals surface area contributed by atoms with Gasteiger partial charge in [0.2, 0.25) is 0 Å². The summed E-state index contributed by atoms with van der Waals surface area (Å²) in [5.41, 5.74) is 1.67. The maximum Gasteiger partial charge on any atom is 0.253 e. The second-order valence-electron chi connectivity index (χ2n) is 7.98. The molecule has 3 aliphatic rings. The second-order valence-corrected chi connectivity index (χ2v) is 9.33. The van der Waals surface area contributed by atoms with E-state index in [1.54, 1.807) is 41.3 Å². The van der Waals surface area contributed by atoms with E-state index in [-0.39, 0.29) is 23.0 Å². The molecule has 1 heterocycles. The van der Waals surface area contributed by atoms with Gasteiger partial charge < -0.3 is 4.90 Å². The minimum atomic E-state index is -2.51.